The predicted octanol–water partition coefficient (Wildman–Crippen LogP) is 2.19. The average Bonchev–Trinajstić information content (AvgIpc) is 3.23. The maximum atomic E-state index is 13.1. The maximum absolute atomic E-state index is 13.1. The Kier molecular flexibility index (Phi) is 2.78. The van der Waals surface area contributed by atoms with Crippen LogP contribution in [-0.2, 0) is 18.2 Å². The first-order chi connectivity index (χ1) is 12.0. The van der Waals surface area contributed by atoms with Crippen LogP contribution in [0.1, 0.15) is 12.5 Å². The van der Waals surface area contributed by atoms with Gasteiger partial charge >= 0.3 is 0 Å². The lowest BCUT2D eigenvalue weighted by atomic mass is 9.97. The standard InChI is InChI=1S/C19H18N2O4/c1-19(9-24-19)14-7-11-12(25-14)8-13(23-3)15-16(11)21(2)18-10(17(15)22)5-4-6-20-18/h4-6,8,14H,7,9H2,1-3H3/t14-,19+/m1/s1. The van der Waals surface area contributed by atoms with Crippen molar-refractivity contribution in [3.8, 4) is 11.5 Å². The highest BCUT2D eigenvalue weighted by Crippen LogP contribution is 2.45. The van der Waals surface area contributed by atoms with Crippen molar-refractivity contribution in [2.24, 2.45) is 7.05 Å². The van der Waals surface area contributed by atoms with Crippen LogP contribution in [0, 0.1) is 0 Å². The number of hydrogen-bond donors (Lipinski definition) is 0. The summed E-state index contributed by atoms with van der Waals surface area (Å²) in [5.74, 6) is 1.29. The lowest BCUT2D eigenvalue weighted by Gasteiger charge is -2.15. The highest BCUT2D eigenvalue weighted by Gasteiger charge is 2.51. The summed E-state index contributed by atoms with van der Waals surface area (Å²) in [7, 11) is 3.51. The normalized spacial score (nSPS) is 24.4. The quantitative estimate of drug-likeness (QED) is 0.529. The zero-order valence-electron chi connectivity index (χ0n) is 14.3. The van der Waals surface area contributed by atoms with Crippen LogP contribution in [0.15, 0.2) is 29.2 Å². The predicted molar refractivity (Wildman–Crippen MR) is 93.5 cm³/mol. The van der Waals surface area contributed by atoms with Crippen molar-refractivity contribution in [2.75, 3.05) is 13.7 Å². The number of ether oxygens (including phenoxy) is 3. The SMILES string of the molecule is COc1cc2c(c3c1c(=O)c1cccnc1n3C)C[C@H]([C@]1(C)CO1)O2. The molecule has 5 rings (SSSR count). The molecule has 2 aliphatic rings. The van der Waals surface area contributed by atoms with Gasteiger partial charge in [0.05, 0.1) is 30.0 Å². The van der Waals surface area contributed by atoms with Gasteiger partial charge < -0.3 is 18.8 Å². The van der Waals surface area contributed by atoms with E-state index < -0.39 is 0 Å². The van der Waals surface area contributed by atoms with Crippen molar-refractivity contribution in [2.45, 2.75) is 25.0 Å². The van der Waals surface area contributed by atoms with Crippen molar-refractivity contribution in [3.63, 3.8) is 0 Å². The molecule has 0 radical (unpaired) electrons. The van der Waals surface area contributed by atoms with Crippen molar-refractivity contribution in [1.29, 1.82) is 0 Å². The van der Waals surface area contributed by atoms with Crippen molar-refractivity contribution in [1.82, 2.24) is 9.55 Å². The number of epoxide rings is 1. The molecular formula is C19H18N2O4. The fraction of sp³-hybridized carbons (Fsp3) is 0.368. The third-order valence-electron chi connectivity index (χ3n) is 5.40. The van der Waals surface area contributed by atoms with Gasteiger partial charge in [-0.25, -0.2) is 4.98 Å². The van der Waals surface area contributed by atoms with Gasteiger partial charge in [-0.2, -0.15) is 0 Å². The van der Waals surface area contributed by atoms with E-state index >= 15 is 0 Å². The minimum absolute atomic E-state index is 0.0488. The Bertz CT molecular complexity index is 1100. The molecule has 6 heteroatoms. The second-order valence-corrected chi connectivity index (χ2v) is 6.95. The van der Waals surface area contributed by atoms with Crippen molar-refractivity contribution >= 4 is 21.9 Å². The Morgan fingerprint density at radius 2 is 2.24 bits per heavy atom. The topological polar surface area (TPSA) is 65.9 Å². The first-order valence-electron chi connectivity index (χ1n) is 8.31. The molecule has 1 aromatic carbocycles. The van der Waals surface area contributed by atoms with Gasteiger partial charge in [-0.05, 0) is 19.1 Å². The van der Waals surface area contributed by atoms with Crippen LogP contribution >= 0.6 is 0 Å². The van der Waals surface area contributed by atoms with Crippen LogP contribution in [0.5, 0.6) is 11.5 Å². The largest absolute Gasteiger partial charge is 0.496 e. The van der Waals surface area contributed by atoms with Crippen LogP contribution in [0.25, 0.3) is 21.9 Å². The Labute approximate surface area is 143 Å². The van der Waals surface area contributed by atoms with Gasteiger partial charge in [-0.3, -0.25) is 4.79 Å². The van der Waals surface area contributed by atoms with E-state index in [1.165, 1.54) is 0 Å². The highest BCUT2D eigenvalue weighted by molar-refractivity contribution is 5.98. The molecule has 4 heterocycles. The lowest BCUT2D eigenvalue weighted by molar-refractivity contribution is 0.127. The third-order valence-corrected chi connectivity index (χ3v) is 5.40. The summed E-state index contributed by atoms with van der Waals surface area (Å²) in [6.45, 7) is 2.75. The van der Waals surface area contributed by atoms with E-state index in [-0.39, 0.29) is 17.1 Å². The summed E-state index contributed by atoms with van der Waals surface area (Å²) >= 11 is 0. The summed E-state index contributed by atoms with van der Waals surface area (Å²) in [6.07, 6.45) is 2.36. The Balaban J connectivity index is 1.89. The average molecular weight is 338 g/mol. The van der Waals surface area contributed by atoms with Crippen LogP contribution in [0.4, 0.5) is 0 Å². The molecule has 25 heavy (non-hydrogen) atoms. The van der Waals surface area contributed by atoms with E-state index in [2.05, 4.69) is 11.9 Å². The number of fused-ring (bicyclic) bond motifs is 4. The number of rotatable bonds is 2. The number of nitrogens with zero attached hydrogens (tertiary/aromatic N) is 2. The number of aromatic nitrogens is 2. The summed E-state index contributed by atoms with van der Waals surface area (Å²) in [5, 5.41) is 1.17. The van der Waals surface area contributed by atoms with Gasteiger partial charge in [-0.1, -0.05) is 0 Å². The number of pyridine rings is 2. The summed E-state index contributed by atoms with van der Waals surface area (Å²) in [4.78, 5) is 17.5. The van der Waals surface area contributed by atoms with Gasteiger partial charge in [0.2, 0.25) is 5.43 Å². The van der Waals surface area contributed by atoms with Crippen LogP contribution < -0.4 is 14.9 Å². The van der Waals surface area contributed by atoms with Crippen LogP contribution in [-0.4, -0.2) is 35.0 Å². The molecule has 2 aliphatic heterocycles. The zero-order chi connectivity index (χ0) is 17.3. The second kappa shape index (κ2) is 4.73. The maximum Gasteiger partial charge on any atom is 0.202 e. The van der Waals surface area contributed by atoms with Gasteiger partial charge in [0.15, 0.2) is 0 Å². The van der Waals surface area contributed by atoms with E-state index in [0.29, 0.717) is 35.2 Å². The number of methoxy groups -OCH3 is 1. The van der Waals surface area contributed by atoms with Crippen molar-refractivity contribution in [3.05, 3.63) is 40.2 Å². The molecule has 2 aromatic heterocycles. The smallest absolute Gasteiger partial charge is 0.202 e. The van der Waals surface area contributed by atoms with E-state index in [4.69, 9.17) is 14.2 Å². The fourth-order valence-electron chi connectivity index (χ4n) is 3.82. The van der Waals surface area contributed by atoms with Gasteiger partial charge in [-0.15, -0.1) is 0 Å². The molecule has 0 aliphatic carbocycles. The van der Waals surface area contributed by atoms with Gasteiger partial charge in [0.25, 0.3) is 0 Å². The zero-order valence-corrected chi connectivity index (χ0v) is 14.3. The highest BCUT2D eigenvalue weighted by atomic mass is 16.6. The van der Waals surface area contributed by atoms with Crippen LogP contribution in [0.2, 0.25) is 0 Å². The summed E-state index contributed by atoms with van der Waals surface area (Å²) in [5.41, 5.74) is 2.20. The Morgan fingerprint density at radius 1 is 1.44 bits per heavy atom. The molecule has 6 nitrogen and oxygen atoms in total. The molecule has 0 saturated carbocycles. The van der Waals surface area contributed by atoms with E-state index in [0.717, 1.165) is 16.8 Å². The molecule has 1 saturated heterocycles. The molecule has 3 aromatic rings. The first-order valence-corrected chi connectivity index (χ1v) is 8.31. The second-order valence-electron chi connectivity index (χ2n) is 6.95. The first kappa shape index (κ1) is 14.7. The van der Waals surface area contributed by atoms with E-state index in [1.54, 1.807) is 25.4 Å². The van der Waals surface area contributed by atoms with Crippen molar-refractivity contribution < 1.29 is 14.2 Å². The fourth-order valence-corrected chi connectivity index (χ4v) is 3.82. The third kappa shape index (κ3) is 1.88. The monoisotopic (exact) mass is 338 g/mol. The van der Waals surface area contributed by atoms with Gasteiger partial charge in [0, 0.05) is 31.3 Å². The van der Waals surface area contributed by atoms with Crippen LogP contribution in [0.3, 0.4) is 0 Å². The lowest BCUT2D eigenvalue weighted by Crippen LogP contribution is -2.30. The molecule has 0 unspecified atom stereocenters. The summed E-state index contributed by atoms with van der Waals surface area (Å²) < 4.78 is 19.2. The molecule has 0 N–H and O–H groups in total. The van der Waals surface area contributed by atoms with E-state index in [9.17, 15) is 4.79 Å². The van der Waals surface area contributed by atoms with Gasteiger partial charge in [0.1, 0.15) is 28.9 Å². The molecule has 0 amide bonds. The van der Waals surface area contributed by atoms with E-state index in [1.807, 2.05) is 17.7 Å². The molecule has 0 bridgehead atoms. The number of benzene rings is 1. The minimum atomic E-state index is -0.244. The molecule has 2 atom stereocenters. The summed E-state index contributed by atoms with van der Waals surface area (Å²) in [6, 6.07) is 5.40. The Morgan fingerprint density at radius 3 is 2.96 bits per heavy atom. The molecule has 0 spiro atoms. The Hall–Kier alpha value is -2.60. The minimum Gasteiger partial charge on any atom is -0.496 e. The number of aryl methyl sites for hydroxylation is 1. The molecule has 128 valence electrons. The molecular weight excluding hydrogens is 320 g/mol. The molecule has 1 fully saturated rings. The number of hydrogen-bond acceptors (Lipinski definition) is 5.